The topological polar surface area (TPSA) is 41.5 Å². The van der Waals surface area contributed by atoms with Crippen LogP contribution in [0.25, 0.3) is 0 Å². The molecule has 116 valence electrons. The zero-order valence-corrected chi connectivity index (χ0v) is 13.3. The number of fused-ring (bicyclic) bond motifs is 1. The van der Waals surface area contributed by atoms with Crippen molar-refractivity contribution in [3.05, 3.63) is 17.0 Å². The molecule has 6 heteroatoms. The summed E-state index contributed by atoms with van der Waals surface area (Å²) < 4.78 is 5.40. The van der Waals surface area contributed by atoms with Crippen LogP contribution in [0.1, 0.15) is 32.0 Å². The summed E-state index contributed by atoms with van der Waals surface area (Å²) in [6.45, 7) is 7.58. The molecule has 2 fully saturated rings. The second kappa shape index (κ2) is 6.90. The van der Waals surface area contributed by atoms with Crippen LogP contribution in [-0.4, -0.2) is 53.7 Å². The highest BCUT2D eigenvalue weighted by atomic mass is 35.5. The Kier molecular flexibility index (Phi) is 4.93. The van der Waals surface area contributed by atoms with Crippen LogP contribution in [-0.2, 0) is 11.3 Å². The summed E-state index contributed by atoms with van der Waals surface area (Å²) in [5.41, 5.74) is 0. The molecule has 0 aliphatic carbocycles. The van der Waals surface area contributed by atoms with Gasteiger partial charge >= 0.3 is 0 Å². The molecular weight excluding hydrogens is 288 g/mol. The molecule has 21 heavy (non-hydrogen) atoms. The van der Waals surface area contributed by atoms with Crippen molar-refractivity contribution in [2.75, 3.05) is 37.7 Å². The van der Waals surface area contributed by atoms with E-state index in [1.54, 1.807) is 0 Å². The fourth-order valence-corrected chi connectivity index (χ4v) is 3.48. The number of rotatable bonds is 4. The third kappa shape index (κ3) is 3.65. The van der Waals surface area contributed by atoms with Gasteiger partial charge in [0.1, 0.15) is 17.6 Å². The van der Waals surface area contributed by atoms with Gasteiger partial charge in [-0.25, -0.2) is 9.97 Å². The lowest BCUT2D eigenvalue weighted by Gasteiger charge is -2.26. The predicted molar refractivity (Wildman–Crippen MR) is 83.8 cm³/mol. The summed E-state index contributed by atoms with van der Waals surface area (Å²) in [6.07, 6.45) is 3.79. The minimum Gasteiger partial charge on any atom is -0.374 e. The fourth-order valence-electron chi connectivity index (χ4n) is 3.29. The van der Waals surface area contributed by atoms with Crippen molar-refractivity contribution >= 4 is 17.4 Å². The first-order valence-corrected chi connectivity index (χ1v) is 8.24. The third-order valence-electron chi connectivity index (χ3n) is 4.29. The summed E-state index contributed by atoms with van der Waals surface area (Å²) in [5.74, 6) is 1.62. The van der Waals surface area contributed by atoms with E-state index in [-0.39, 0.29) is 0 Å². The molecule has 0 bridgehead atoms. The number of hydrogen-bond donors (Lipinski definition) is 0. The first kappa shape index (κ1) is 15.0. The van der Waals surface area contributed by atoms with Gasteiger partial charge < -0.3 is 9.64 Å². The fraction of sp³-hybridized carbons (Fsp3) is 0.733. The molecule has 0 aromatic carbocycles. The number of hydrogen-bond acceptors (Lipinski definition) is 5. The minimum atomic E-state index is 0.424. The first-order valence-electron chi connectivity index (χ1n) is 7.86. The van der Waals surface area contributed by atoms with Crippen LogP contribution in [0.3, 0.4) is 0 Å². The molecule has 1 aromatic heterocycles. The standard InChI is InChI=1S/C15H23ClN4O/c1-2-21-11-14-17-13(16)9-15(18-14)20-8-4-7-19-6-3-5-12(19)10-20/h9,12H,2-8,10-11H2,1H3. The molecule has 0 N–H and O–H groups in total. The molecule has 2 aliphatic rings. The Hall–Kier alpha value is -0.910. The molecule has 1 atom stereocenters. The Bertz CT molecular complexity index is 485. The van der Waals surface area contributed by atoms with E-state index in [2.05, 4.69) is 19.8 Å². The van der Waals surface area contributed by atoms with Crippen molar-refractivity contribution in [3.8, 4) is 0 Å². The summed E-state index contributed by atoms with van der Waals surface area (Å²) in [5, 5.41) is 0.502. The van der Waals surface area contributed by atoms with Gasteiger partial charge in [0.25, 0.3) is 0 Å². The van der Waals surface area contributed by atoms with Crippen molar-refractivity contribution in [1.82, 2.24) is 14.9 Å². The van der Waals surface area contributed by atoms with E-state index < -0.39 is 0 Å². The highest BCUT2D eigenvalue weighted by Crippen LogP contribution is 2.25. The number of ether oxygens (including phenoxy) is 1. The van der Waals surface area contributed by atoms with Crippen LogP contribution in [0, 0.1) is 0 Å². The number of halogens is 1. The van der Waals surface area contributed by atoms with Crippen molar-refractivity contribution in [1.29, 1.82) is 0 Å². The first-order chi connectivity index (χ1) is 10.3. The Balaban J connectivity index is 1.76. The van der Waals surface area contributed by atoms with Gasteiger partial charge in [0.05, 0.1) is 0 Å². The molecule has 2 saturated heterocycles. The molecule has 3 heterocycles. The van der Waals surface area contributed by atoms with Crippen LogP contribution in [0.4, 0.5) is 5.82 Å². The zero-order valence-electron chi connectivity index (χ0n) is 12.6. The van der Waals surface area contributed by atoms with Crippen LogP contribution in [0.15, 0.2) is 6.07 Å². The summed E-state index contributed by atoms with van der Waals surface area (Å²) >= 11 is 6.16. The average Bonchev–Trinajstić information content (AvgIpc) is 2.81. The second-order valence-electron chi connectivity index (χ2n) is 5.73. The van der Waals surface area contributed by atoms with E-state index in [0.717, 1.165) is 18.9 Å². The van der Waals surface area contributed by atoms with Crippen LogP contribution < -0.4 is 4.90 Å². The highest BCUT2D eigenvalue weighted by molar-refractivity contribution is 6.29. The van der Waals surface area contributed by atoms with Crippen LogP contribution in [0.2, 0.25) is 5.15 Å². The van der Waals surface area contributed by atoms with Gasteiger partial charge in [0.2, 0.25) is 0 Å². The van der Waals surface area contributed by atoms with Gasteiger partial charge in [-0.2, -0.15) is 0 Å². The van der Waals surface area contributed by atoms with Gasteiger partial charge in [0, 0.05) is 38.3 Å². The van der Waals surface area contributed by atoms with Gasteiger partial charge in [-0.3, -0.25) is 4.90 Å². The van der Waals surface area contributed by atoms with E-state index in [4.69, 9.17) is 16.3 Å². The van der Waals surface area contributed by atoms with Gasteiger partial charge in [-0.15, -0.1) is 0 Å². The molecule has 2 aliphatic heterocycles. The molecule has 1 aromatic rings. The number of anilines is 1. The quantitative estimate of drug-likeness (QED) is 0.799. The molecule has 0 spiro atoms. The van der Waals surface area contributed by atoms with Crippen LogP contribution >= 0.6 is 11.6 Å². The molecule has 3 rings (SSSR count). The summed E-state index contributed by atoms with van der Waals surface area (Å²) in [6, 6.07) is 2.54. The zero-order chi connectivity index (χ0) is 14.7. The van der Waals surface area contributed by atoms with E-state index in [9.17, 15) is 0 Å². The van der Waals surface area contributed by atoms with Crippen molar-refractivity contribution in [3.63, 3.8) is 0 Å². The SMILES string of the molecule is CCOCc1nc(Cl)cc(N2CCCN3CCCC3C2)n1. The predicted octanol–water partition coefficient (Wildman–Crippen LogP) is 2.34. The Morgan fingerprint density at radius 3 is 3.00 bits per heavy atom. The van der Waals surface area contributed by atoms with E-state index in [1.807, 2.05) is 13.0 Å². The molecule has 5 nitrogen and oxygen atoms in total. The monoisotopic (exact) mass is 310 g/mol. The number of aromatic nitrogens is 2. The Morgan fingerprint density at radius 2 is 2.14 bits per heavy atom. The van der Waals surface area contributed by atoms with Gasteiger partial charge in [-0.1, -0.05) is 11.6 Å². The lowest BCUT2D eigenvalue weighted by Crippen LogP contribution is -2.37. The molecule has 0 radical (unpaired) electrons. The van der Waals surface area contributed by atoms with Crippen molar-refractivity contribution in [2.45, 2.75) is 38.8 Å². The van der Waals surface area contributed by atoms with E-state index in [1.165, 1.54) is 32.4 Å². The largest absolute Gasteiger partial charge is 0.374 e. The lowest BCUT2D eigenvalue weighted by molar-refractivity contribution is 0.128. The van der Waals surface area contributed by atoms with Gasteiger partial charge in [0.15, 0.2) is 5.82 Å². The smallest absolute Gasteiger partial charge is 0.158 e. The summed E-state index contributed by atoms with van der Waals surface area (Å²) in [4.78, 5) is 13.9. The van der Waals surface area contributed by atoms with Crippen molar-refractivity contribution in [2.24, 2.45) is 0 Å². The molecule has 1 unspecified atom stereocenters. The maximum Gasteiger partial charge on any atom is 0.158 e. The Labute approximate surface area is 131 Å². The molecule has 0 amide bonds. The molecular formula is C15H23ClN4O. The summed E-state index contributed by atoms with van der Waals surface area (Å²) in [7, 11) is 0. The maximum atomic E-state index is 6.16. The van der Waals surface area contributed by atoms with Crippen molar-refractivity contribution < 1.29 is 4.74 Å². The number of nitrogens with zero attached hydrogens (tertiary/aromatic N) is 4. The average molecular weight is 311 g/mol. The van der Waals surface area contributed by atoms with Crippen LogP contribution in [0.5, 0.6) is 0 Å². The lowest BCUT2D eigenvalue weighted by atomic mass is 10.2. The maximum absolute atomic E-state index is 6.16. The molecule has 0 saturated carbocycles. The Morgan fingerprint density at radius 1 is 1.29 bits per heavy atom. The normalized spacial score (nSPS) is 23.1. The minimum absolute atomic E-state index is 0.424. The highest BCUT2D eigenvalue weighted by Gasteiger charge is 2.29. The third-order valence-corrected chi connectivity index (χ3v) is 4.48. The second-order valence-corrected chi connectivity index (χ2v) is 6.12. The van der Waals surface area contributed by atoms with E-state index in [0.29, 0.717) is 30.2 Å². The van der Waals surface area contributed by atoms with Gasteiger partial charge in [-0.05, 0) is 32.7 Å². The van der Waals surface area contributed by atoms with E-state index >= 15 is 0 Å².